The molecular formula is C31H34F2N4O3. The van der Waals surface area contributed by atoms with Crippen molar-refractivity contribution >= 4 is 23.5 Å². The van der Waals surface area contributed by atoms with Crippen molar-refractivity contribution in [3.63, 3.8) is 0 Å². The van der Waals surface area contributed by atoms with Crippen LogP contribution in [0, 0.1) is 11.6 Å². The Morgan fingerprint density at radius 2 is 1.55 bits per heavy atom. The summed E-state index contributed by atoms with van der Waals surface area (Å²) < 4.78 is 27.4. The zero-order valence-corrected chi connectivity index (χ0v) is 22.3. The number of carbonyl (C=O) groups excluding carboxylic acids is 3. The van der Waals surface area contributed by atoms with E-state index in [-0.39, 0.29) is 49.6 Å². The molecule has 0 unspecified atom stereocenters. The van der Waals surface area contributed by atoms with Crippen LogP contribution in [-0.2, 0) is 20.9 Å². The molecule has 1 saturated carbocycles. The molecule has 3 aromatic rings. The average Bonchev–Trinajstić information content (AvgIpc) is 2.96. The van der Waals surface area contributed by atoms with Crippen molar-refractivity contribution in [1.29, 1.82) is 0 Å². The molecule has 0 bridgehead atoms. The lowest BCUT2D eigenvalue weighted by Gasteiger charge is -2.33. The molecule has 2 N–H and O–H groups in total. The van der Waals surface area contributed by atoms with Gasteiger partial charge in [-0.1, -0.05) is 49.6 Å². The van der Waals surface area contributed by atoms with E-state index in [4.69, 9.17) is 0 Å². The first-order valence-electron chi connectivity index (χ1n) is 13.7. The van der Waals surface area contributed by atoms with Gasteiger partial charge in [0.25, 0.3) is 0 Å². The highest BCUT2D eigenvalue weighted by Gasteiger charge is 2.33. The van der Waals surface area contributed by atoms with E-state index < -0.39 is 17.7 Å². The number of anilines is 1. The molecule has 1 heterocycles. The van der Waals surface area contributed by atoms with Crippen molar-refractivity contribution in [3.05, 3.63) is 95.7 Å². The zero-order valence-electron chi connectivity index (χ0n) is 22.3. The van der Waals surface area contributed by atoms with Crippen LogP contribution in [0.5, 0.6) is 0 Å². The van der Waals surface area contributed by atoms with E-state index in [0.717, 1.165) is 32.1 Å². The van der Waals surface area contributed by atoms with Crippen LogP contribution in [-0.4, -0.2) is 33.6 Å². The quantitative estimate of drug-likeness (QED) is 0.322. The summed E-state index contributed by atoms with van der Waals surface area (Å²) in [7, 11) is 0. The molecule has 9 heteroatoms. The number of halogens is 2. The molecule has 0 radical (unpaired) electrons. The van der Waals surface area contributed by atoms with Crippen LogP contribution in [0.1, 0.15) is 68.5 Å². The molecule has 210 valence electrons. The zero-order chi connectivity index (χ0) is 28.3. The smallest absolute Gasteiger partial charge is 0.247 e. The maximum atomic E-state index is 13.8. The molecule has 1 aliphatic rings. The Morgan fingerprint density at radius 1 is 0.875 bits per heavy atom. The molecule has 4 rings (SSSR count). The molecule has 1 aliphatic carbocycles. The largest absolute Gasteiger partial charge is 0.351 e. The molecule has 1 fully saturated rings. The van der Waals surface area contributed by atoms with Crippen LogP contribution >= 0.6 is 0 Å². The number of amides is 3. The molecule has 0 spiro atoms. The Hall–Kier alpha value is -4.14. The second-order valence-corrected chi connectivity index (χ2v) is 10.1. The van der Waals surface area contributed by atoms with Gasteiger partial charge in [-0.15, -0.1) is 0 Å². The molecule has 1 atom stereocenters. The predicted octanol–water partition coefficient (Wildman–Crippen LogP) is 5.69. The number of nitrogens with one attached hydrogen (secondary N) is 2. The molecule has 1 aromatic heterocycles. The third-order valence-corrected chi connectivity index (χ3v) is 7.01. The maximum Gasteiger partial charge on any atom is 0.247 e. The van der Waals surface area contributed by atoms with Crippen LogP contribution in [0.2, 0.25) is 0 Å². The SMILES string of the molecule is O=C(CCCC(=O)N(Cc1ccc(F)cc1)[C@H](C(=O)NC1CCCCC1)c1ccc(F)cc1)Nc1ccccn1. The van der Waals surface area contributed by atoms with Crippen LogP contribution < -0.4 is 10.6 Å². The van der Waals surface area contributed by atoms with E-state index in [1.165, 1.54) is 41.3 Å². The van der Waals surface area contributed by atoms with Crippen molar-refractivity contribution in [2.24, 2.45) is 0 Å². The fourth-order valence-corrected chi connectivity index (χ4v) is 4.94. The third kappa shape index (κ3) is 8.43. The first-order valence-corrected chi connectivity index (χ1v) is 13.7. The van der Waals surface area contributed by atoms with E-state index in [1.807, 2.05) is 0 Å². The van der Waals surface area contributed by atoms with E-state index in [1.54, 1.807) is 36.5 Å². The Balaban J connectivity index is 1.54. The maximum absolute atomic E-state index is 13.8. The first kappa shape index (κ1) is 28.9. The number of aromatic nitrogens is 1. The number of hydrogen-bond acceptors (Lipinski definition) is 4. The van der Waals surface area contributed by atoms with Gasteiger partial charge in [0, 0.05) is 31.6 Å². The fraction of sp³-hybridized carbons (Fsp3) is 0.355. The molecule has 40 heavy (non-hydrogen) atoms. The van der Waals surface area contributed by atoms with Crippen molar-refractivity contribution in [2.45, 2.75) is 70.0 Å². The molecule has 7 nitrogen and oxygen atoms in total. The van der Waals surface area contributed by atoms with Gasteiger partial charge in [0.15, 0.2) is 0 Å². The molecule has 2 aromatic carbocycles. The van der Waals surface area contributed by atoms with Gasteiger partial charge in [-0.3, -0.25) is 14.4 Å². The topological polar surface area (TPSA) is 91.4 Å². The second-order valence-electron chi connectivity index (χ2n) is 10.1. The molecule has 0 saturated heterocycles. The minimum Gasteiger partial charge on any atom is -0.351 e. The lowest BCUT2D eigenvalue weighted by atomic mass is 9.94. The van der Waals surface area contributed by atoms with Crippen molar-refractivity contribution < 1.29 is 23.2 Å². The van der Waals surface area contributed by atoms with Crippen molar-refractivity contribution in [1.82, 2.24) is 15.2 Å². The summed E-state index contributed by atoms with van der Waals surface area (Å²) in [6.45, 7) is 0.0410. The van der Waals surface area contributed by atoms with Crippen molar-refractivity contribution in [3.8, 4) is 0 Å². The van der Waals surface area contributed by atoms with Crippen LogP contribution in [0.25, 0.3) is 0 Å². The van der Waals surface area contributed by atoms with Gasteiger partial charge in [-0.2, -0.15) is 0 Å². The second kappa shape index (κ2) is 14.3. The minimum atomic E-state index is -1.03. The number of rotatable bonds is 11. The van der Waals surface area contributed by atoms with Gasteiger partial charge >= 0.3 is 0 Å². The number of pyridine rings is 1. The summed E-state index contributed by atoms with van der Waals surface area (Å²) in [5.74, 6) is -1.41. The van der Waals surface area contributed by atoms with Gasteiger partial charge in [0.2, 0.25) is 17.7 Å². The standard InChI is InChI=1S/C31H34F2N4O3/c32-24-16-12-22(13-17-24)21-37(29(39)11-6-10-28(38)36-27-9-4-5-20-34-27)30(23-14-18-25(33)19-15-23)31(40)35-26-7-2-1-3-8-26/h4-5,9,12-20,26,30H,1-3,6-8,10-11,21H2,(H,35,40)(H,34,36,38)/t30-/m0/s1. The summed E-state index contributed by atoms with van der Waals surface area (Å²) in [4.78, 5) is 45.3. The van der Waals surface area contributed by atoms with E-state index >= 15 is 0 Å². The highest BCUT2D eigenvalue weighted by Crippen LogP contribution is 2.27. The van der Waals surface area contributed by atoms with E-state index in [9.17, 15) is 23.2 Å². The Bertz CT molecular complexity index is 1260. The molecule has 3 amide bonds. The predicted molar refractivity (Wildman–Crippen MR) is 148 cm³/mol. The van der Waals surface area contributed by atoms with Crippen LogP contribution in [0.3, 0.4) is 0 Å². The lowest BCUT2D eigenvalue weighted by molar-refractivity contribution is -0.142. The normalized spacial score (nSPS) is 14.2. The minimum absolute atomic E-state index is 0.00210. The Kier molecular flexibility index (Phi) is 10.3. The summed E-state index contributed by atoms with van der Waals surface area (Å²) in [6.07, 6.45) is 6.79. The van der Waals surface area contributed by atoms with Crippen LogP contribution in [0.15, 0.2) is 72.9 Å². The monoisotopic (exact) mass is 548 g/mol. The fourth-order valence-electron chi connectivity index (χ4n) is 4.94. The Labute approximate surface area is 233 Å². The summed E-state index contributed by atoms with van der Waals surface area (Å²) in [6, 6.07) is 15.4. The third-order valence-electron chi connectivity index (χ3n) is 7.01. The number of nitrogens with zero attached hydrogens (tertiary/aromatic N) is 2. The molecular weight excluding hydrogens is 514 g/mol. The lowest BCUT2D eigenvalue weighted by Crippen LogP contribution is -2.46. The number of carbonyl (C=O) groups is 3. The average molecular weight is 549 g/mol. The molecule has 0 aliphatic heterocycles. The first-order chi connectivity index (χ1) is 19.4. The van der Waals surface area contributed by atoms with Gasteiger partial charge in [-0.25, -0.2) is 13.8 Å². The summed E-state index contributed by atoms with van der Waals surface area (Å²) in [5.41, 5.74) is 1.11. The van der Waals surface area contributed by atoms with Gasteiger partial charge in [-0.05, 0) is 66.8 Å². The van der Waals surface area contributed by atoms with Crippen LogP contribution in [0.4, 0.5) is 14.6 Å². The van der Waals surface area contributed by atoms with Gasteiger partial charge < -0.3 is 15.5 Å². The van der Waals surface area contributed by atoms with E-state index in [2.05, 4.69) is 15.6 Å². The Morgan fingerprint density at radius 3 is 2.20 bits per heavy atom. The number of hydrogen-bond donors (Lipinski definition) is 2. The number of benzene rings is 2. The van der Waals surface area contributed by atoms with Crippen molar-refractivity contribution in [2.75, 3.05) is 5.32 Å². The highest BCUT2D eigenvalue weighted by molar-refractivity contribution is 5.91. The van der Waals surface area contributed by atoms with Gasteiger partial charge in [0.1, 0.15) is 23.5 Å². The summed E-state index contributed by atoms with van der Waals surface area (Å²) in [5, 5.41) is 5.80. The summed E-state index contributed by atoms with van der Waals surface area (Å²) >= 11 is 0. The van der Waals surface area contributed by atoms with E-state index in [0.29, 0.717) is 16.9 Å². The van der Waals surface area contributed by atoms with Gasteiger partial charge in [0.05, 0.1) is 0 Å². The highest BCUT2D eigenvalue weighted by atomic mass is 19.1.